The summed E-state index contributed by atoms with van der Waals surface area (Å²) in [7, 11) is 0. The molecule has 1 aromatic carbocycles. The number of carbonyl (C=O) groups excluding carboxylic acids is 1. The summed E-state index contributed by atoms with van der Waals surface area (Å²) < 4.78 is 26.6. The highest BCUT2D eigenvalue weighted by Gasteiger charge is 2.17. The number of nitrogens with one attached hydrogen (secondary N) is 2. The molecular formula is C17H20F2N4O. The number of hydrogen-bond donors (Lipinski definition) is 2. The Bertz CT molecular complexity index is 726. The van der Waals surface area contributed by atoms with Gasteiger partial charge in [-0.3, -0.25) is 0 Å². The molecule has 2 N–H and O–H groups in total. The molecular weight excluding hydrogens is 314 g/mol. The van der Waals surface area contributed by atoms with Crippen LogP contribution in [-0.4, -0.2) is 16.0 Å². The van der Waals surface area contributed by atoms with Gasteiger partial charge in [0.1, 0.15) is 17.5 Å². The molecule has 1 unspecified atom stereocenters. The van der Waals surface area contributed by atoms with E-state index in [1.807, 2.05) is 20.8 Å². The summed E-state index contributed by atoms with van der Waals surface area (Å²) in [6.45, 7) is 7.57. The lowest BCUT2D eigenvalue weighted by Crippen LogP contribution is -2.31. The molecule has 2 rings (SSSR count). The quantitative estimate of drug-likeness (QED) is 0.893. The van der Waals surface area contributed by atoms with Crippen molar-refractivity contribution >= 4 is 11.7 Å². The molecule has 0 radical (unpaired) electrons. The molecule has 0 aliphatic carbocycles. The fourth-order valence-corrected chi connectivity index (χ4v) is 2.07. The largest absolute Gasteiger partial charge is 0.331 e. The summed E-state index contributed by atoms with van der Waals surface area (Å²) in [5.41, 5.74) is 0.438. The molecule has 5 nitrogen and oxygen atoms in total. The smallest absolute Gasteiger partial charge is 0.319 e. The monoisotopic (exact) mass is 334 g/mol. The molecule has 0 aliphatic rings. The summed E-state index contributed by atoms with van der Waals surface area (Å²) in [6.07, 6.45) is 3.02. The van der Waals surface area contributed by atoms with Gasteiger partial charge in [0.25, 0.3) is 0 Å². The lowest BCUT2D eigenvalue weighted by molar-refractivity contribution is 0.249. The number of rotatable bonds is 3. The van der Waals surface area contributed by atoms with E-state index in [1.54, 1.807) is 6.92 Å². The Labute approximate surface area is 139 Å². The average molecular weight is 334 g/mol. The van der Waals surface area contributed by atoms with Gasteiger partial charge >= 0.3 is 6.03 Å². The van der Waals surface area contributed by atoms with Crippen LogP contribution in [-0.2, 0) is 5.41 Å². The molecule has 0 fully saturated rings. The fraction of sp³-hybridized carbons (Fsp3) is 0.353. The number of nitrogens with zero attached hydrogens (tertiary/aromatic N) is 2. The van der Waals surface area contributed by atoms with Crippen molar-refractivity contribution in [2.45, 2.75) is 39.2 Å². The van der Waals surface area contributed by atoms with Gasteiger partial charge in [-0.15, -0.1) is 0 Å². The zero-order valence-electron chi connectivity index (χ0n) is 14.0. The van der Waals surface area contributed by atoms with Crippen LogP contribution in [0, 0.1) is 11.6 Å². The van der Waals surface area contributed by atoms with Crippen molar-refractivity contribution in [2.24, 2.45) is 0 Å². The van der Waals surface area contributed by atoms with Crippen LogP contribution in [0.3, 0.4) is 0 Å². The van der Waals surface area contributed by atoms with Crippen molar-refractivity contribution in [3.63, 3.8) is 0 Å². The van der Waals surface area contributed by atoms with E-state index in [9.17, 15) is 13.6 Å². The first-order valence-electron chi connectivity index (χ1n) is 7.52. The third-order valence-corrected chi connectivity index (χ3v) is 3.36. The second kappa shape index (κ2) is 6.90. The average Bonchev–Trinajstić information content (AvgIpc) is 2.46. The van der Waals surface area contributed by atoms with Gasteiger partial charge in [0.15, 0.2) is 0 Å². The number of halogens is 2. The van der Waals surface area contributed by atoms with Crippen LogP contribution in [0.4, 0.5) is 19.3 Å². The normalized spacial score (nSPS) is 12.6. The molecule has 1 aromatic heterocycles. The van der Waals surface area contributed by atoms with E-state index in [0.717, 1.165) is 12.1 Å². The molecule has 7 heteroatoms. The van der Waals surface area contributed by atoms with Gasteiger partial charge in [-0.05, 0) is 13.0 Å². The standard InChI is InChI=1S/C17H20F2N4O/c1-10(13-6-5-11(18)7-14(13)19)22-16(24)23-12-8-20-15(21-9-12)17(2,3)4/h5-10H,1-4H3,(H2,22,23,24). The maximum Gasteiger partial charge on any atom is 0.319 e. The number of urea groups is 1. The van der Waals surface area contributed by atoms with E-state index >= 15 is 0 Å². The minimum absolute atomic E-state index is 0.185. The van der Waals surface area contributed by atoms with E-state index in [1.165, 1.54) is 18.5 Å². The van der Waals surface area contributed by atoms with Gasteiger partial charge in [-0.2, -0.15) is 0 Å². The van der Waals surface area contributed by atoms with Gasteiger partial charge in [0.2, 0.25) is 0 Å². The van der Waals surface area contributed by atoms with Crippen LogP contribution >= 0.6 is 0 Å². The molecule has 1 heterocycles. The van der Waals surface area contributed by atoms with Crippen LogP contribution in [0.2, 0.25) is 0 Å². The topological polar surface area (TPSA) is 66.9 Å². The summed E-state index contributed by atoms with van der Waals surface area (Å²) in [4.78, 5) is 20.4. The van der Waals surface area contributed by atoms with Gasteiger partial charge in [0, 0.05) is 17.0 Å². The summed E-state index contributed by atoms with van der Waals surface area (Å²) in [5, 5.41) is 5.16. The highest BCUT2D eigenvalue weighted by molar-refractivity contribution is 5.89. The van der Waals surface area contributed by atoms with E-state index in [-0.39, 0.29) is 11.0 Å². The van der Waals surface area contributed by atoms with E-state index in [2.05, 4.69) is 20.6 Å². The summed E-state index contributed by atoms with van der Waals surface area (Å²) in [5.74, 6) is -0.708. The first kappa shape index (κ1) is 17.8. The van der Waals surface area contributed by atoms with Crippen molar-refractivity contribution in [1.29, 1.82) is 0 Å². The predicted octanol–water partition coefficient (Wildman–Crippen LogP) is 3.94. The zero-order valence-corrected chi connectivity index (χ0v) is 14.0. The molecule has 0 saturated carbocycles. The van der Waals surface area contributed by atoms with Crippen LogP contribution in [0.1, 0.15) is 45.1 Å². The van der Waals surface area contributed by atoms with Gasteiger partial charge in [-0.25, -0.2) is 23.5 Å². The minimum Gasteiger partial charge on any atom is -0.331 e. The Balaban J connectivity index is 2.00. The van der Waals surface area contributed by atoms with Crippen LogP contribution in [0.15, 0.2) is 30.6 Å². The maximum absolute atomic E-state index is 13.7. The molecule has 128 valence electrons. The van der Waals surface area contributed by atoms with E-state index < -0.39 is 23.7 Å². The maximum atomic E-state index is 13.7. The third-order valence-electron chi connectivity index (χ3n) is 3.36. The molecule has 0 spiro atoms. The molecule has 2 amide bonds. The number of benzene rings is 1. The number of anilines is 1. The van der Waals surface area contributed by atoms with Crippen LogP contribution in [0.5, 0.6) is 0 Å². The third kappa shape index (κ3) is 4.47. The second-order valence-corrected chi connectivity index (χ2v) is 6.53. The van der Waals surface area contributed by atoms with Crippen molar-refractivity contribution in [2.75, 3.05) is 5.32 Å². The molecule has 0 bridgehead atoms. The number of amides is 2. The predicted molar refractivity (Wildman–Crippen MR) is 87.7 cm³/mol. The molecule has 1 atom stereocenters. The molecule has 2 aromatic rings. The SMILES string of the molecule is CC(NC(=O)Nc1cnc(C(C)(C)C)nc1)c1ccc(F)cc1F. The van der Waals surface area contributed by atoms with Crippen molar-refractivity contribution in [3.8, 4) is 0 Å². The molecule has 24 heavy (non-hydrogen) atoms. The van der Waals surface area contributed by atoms with Gasteiger partial charge < -0.3 is 10.6 Å². The Kier molecular flexibility index (Phi) is 5.11. The Hall–Kier alpha value is -2.57. The summed E-state index contributed by atoms with van der Waals surface area (Å²) in [6, 6.07) is 2.08. The fourth-order valence-electron chi connectivity index (χ4n) is 2.07. The van der Waals surface area contributed by atoms with Crippen molar-refractivity contribution in [1.82, 2.24) is 15.3 Å². The Morgan fingerprint density at radius 2 is 1.79 bits per heavy atom. The highest BCUT2D eigenvalue weighted by Crippen LogP contribution is 2.19. The Morgan fingerprint density at radius 3 is 2.33 bits per heavy atom. The van der Waals surface area contributed by atoms with E-state index in [0.29, 0.717) is 11.5 Å². The van der Waals surface area contributed by atoms with Gasteiger partial charge in [-0.1, -0.05) is 26.8 Å². The van der Waals surface area contributed by atoms with Crippen LogP contribution < -0.4 is 10.6 Å². The van der Waals surface area contributed by atoms with Crippen LogP contribution in [0.25, 0.3) is 0 Å². The van der Waals surface area contributed by atoms with E-state index in [4.69, 9.17) is 0 Å². The summed E-state index contributed by atoms with van der Waals surface area (Å²) >= 11 is 0. The molecule has 0 saturated heterocycles. The zero-order chi connectivity index (χ0) is 17.9. The number of carbonyl (C=O) groups is 1. The van der Waals surface area contributed by atoms with Crippen molar-refractivity contribution in [3.05, 3.63) is 53.6 Å². The lowest BCUT2D eigenvalue weighted by atomic mass is 9.96. The lowest BCUT2D eigenvalue weighted by Gasteiger charge is -2.17. The highest BCUT2D eigenvalue weighted by atomic mass is 19.1. The minimum atomic E-state index is -0.708. The first-order chi connectivity index (χ1) is 11.2. The second-order valence-electron chi connectivity index (χ2n) is 6.53. The van der Waals surface area contributed by atoms with Crippen molar-refractivity contribution < 1.29 is 13.6 Å². The van der Waals surface area contributed by atoms with Gasteiger partial charge in [0.05, 0.1) is 24.1 Å². The molecule has 0 aliphatic heterocycles. The number of aromatic nitrogens is 2. The first-order valence-corrected chi connectivity index (χ1v) is 7.52. The number of hydrogen-bond acceptors (Lipinski definition) is 3. The Morgan fingerprint density at radius 1 is 1.17 bits per heavy atom.